The van der Waals surface area contributed by atoms with Gasteiger partial charge >= 0.3 is 0 Å². The Morgan fingerprint density at radius 1 is 0.976 bits per heavy atom. The Hall–Kier alpha value is -3.03. The topological polar surface area (TPSA) is 125 Å². The number of H-pyrrole nitrogens is 1. The lowest BCUT2D eigenvalue weighted by molar-refractivity contribution is 0.0697. The van der Waals surface area contributed by atoms with E-state index in [1.165, 1.54) is 37.8 Å². The Balaban J connectivity index is 1.35. The lowest BCUT2D eigenvalue weighted by Gasteiger charge is -2.38. The second kappa shape index (κ2) is 16.0. The summed E-state index contributed by atoms with van der Waals surface area (Å²) in [6.07, 6.45) is 16.2. The fraction of sp³-hybridized carbons (Fsp3) is 0.571. The number of phenolic OH excluding ortho intramolecular Hbond substituents is 1. The summed E-state index contributed by atoms with van der Waals surface area (Å²) in [5.41, 5.74) is 9.50. The van der Waals surface area contributed by atoms with E-state index in [0.717, 1.165) is 49.7 Å². The number of hydrogen-bond donors (Lipinski definition) is 5. The van der Waals surface area contributed by atoms with Crippen LogP contribution in [0.1, 0.15) is 113 Å². The van der Waals surface area contributed by atoms with Crippen molar-refractivity contribution in [1.82, 2.24) is 9.97 Å². The van der Waals surface area contributed by atoms with Crippen molar-refractivity contribution in [3.63, 3.8) is 0 Å². The van der Waals surface area contributed by atoms with Crippen LogP contribution in [-0.2, 0) is 11.8 Å². The number of aliphatic hydroxyl groups is 2. The first-order chi connectivity index (χ1) is 20.4. The number of nitrogens with two attached hydrogens (primary N) is 1. The van der Waals surface area contributed by atoms with Gasteiger partial charge in [0.05, 0.1) is 18.8 Å². The largest absolute Gasteiger partial charge is 0.504 e. The Bertz CT molecular complexity index is 1190. The average Bonchev–Trinajstić information content (AvgIpc) is 3.69. The fourth-order valence-electron chi connectivity index (χ4n) is 6.88. The number of nitrogens with zero attached hydrogens (tertiary/aromatic N) is 1. The van der Waals surface area contributed by atoms with Gasteiger partial charge < -0.3 is 30.8 Å². The highest BCUT2D eigenvalue weighted by Gasteiger charge is 2.44. The molecule has 230 valence electrons. The van der Waals surface area contributed by atoms with Crippen molar-refractivity contribution >= 4 is 5.82 Å². The molecule has 0 spiro atoms. The zero-order valence-electron chi connectivity index (χ0n) is 25.3. The number of aryl methyl sites for hydroxylation is 1. The number of ether oxygens (including phenoxy) is 1. The van der Waals surface area contributed by atoms with E-state index in [2.05, 4.69) is 35.1 Å². The van der Waals surface area contributed by atoms with E-state index >= 15 is 0 Å². The predicted octanol–water partition coefficient (Wildman–Crippen LogP) is 7.17. The third kappa shape index (κ3) is 8.74. The molecule has 2 heterocycles. The van der Waals surface area contributed by atoms with Crippen molar-refractivity contribution in [2.45, 2.75) is 120 Å². The SMILES string of the molecule is CCCCCCC[C@H](O)C[C@H](O)CCc1ccc(O)c(OCC[C@H](c2ccnc(N)c2)C2(c3ccc[nH]3)CCCC2)c1. The molecule has 1 aliphatic carbocycles. The van der Waals surface area contributed by atoms with Crippen molar-refractivity contribution in [2.24, 2.45) is 0 Å². The highest BCUT2D eigenvalue weighted by molar-refractivity contribution is 5.42. The first-order valence-electron chi connectivity index (χ1n) is 16.1. The fourth-order valence-corrected chi connectivity index (χ4v) is 6.88. The monoisotopic (exact) mass is 577 g/mol. The van der Waals surface area contributed by atoms with Crippen molar-refractivity contribution in [2.75, 3.05) is 12.3 Å². The van der Waals surface area contributed by atoms with E-state index in [1.807, 2.05) is 24.4 Å². The number of aromatic nitrogens is 2. The molecule has 0 amide bonds. The molecule has 3 aromatic rings. The number of aliphatic hydroxyl groups excluding tert-OH is 2. The number of nitrogen functional groups attached to an aromatic ring is 1. The van der Waals surface area contributed by atoms with Crippen LogP contribution in [0.4, 0.5) is 5.82 Å². The van der Waals surface area contributed by atoms with Crippen LogP contribution in [-0.4, -0.2) is 44.1 Å². The number of anilines is 1. The maximum atomic E-state index is 10.6. The summed E-state index contributed by atoms with van der Waals surface area (Å²) in [5, 5.41) is 31.4. The molecule has 2 aromatic heterocycles. The molecule has 0 saturated heterocycles. The van der Waals surface area contributed by atoms with Gasteiger partial charge in [-0.2, -0.15) is 0 Å². The number of aromatic amines is 1. The standard InChI is InChI=1S/C35H51N3O4/c1-2-3-4-5-6-10-28(39)25-29(40)14-12-26-13-15-31(41)32(23-26)42-22-17-30(27-16-21-38-34(36)24-27)35(18-7-8-19-35)33-11-9-20-37-33/h9,11,13,15-16,20-21,23-24,28-30,37,39-41H,2-8,10,12,14,17-19,22,25H2,1H3,(H2,36,38)/t28-,29+,30+/m0/s1. The van der Waals surface area contributed by atoms with Crippen LogP contribution in [0.15, 0.2) is 54.9 Å². The lowest BCUT2D eigenvalue weighted by atomic mass is 9.67. The minimum absolute atomic E-state index is 0.0270. The molecule has 7 nitrogen and oxygen atoms in total. The molecule has 1 aromatic carbocycles. The summed E-state index contributed by atoms with van der Waals surface area (Å²) >= 11 is 0. The van der Waals surface area contributed by atoms with E-state index in [0.29, 0.717) is 37.4 Å². The Morgan fingerprint density at radius 2 is 1.76 bits per heavy atom. The second-order valence-corrected chi connectivity index (χ2v) is 12.2. The molecule has 0 unspecified atom stereocenters. The molecule has 6 N–H and O–H groups in total. The van der Waals surface area contributed by atoms with Crippen LogP contribution >= 0.6 is 0 Å². The summed E-state index contributed by atoms with van der Waals surface area (Å²) in [6, 6.07) is 13.7. The zero-order valence-corrected chi connectivity index (χ0v) is 25.3. The van der Waals surface area contributed by atoms with Crippen LogP contribution in [0.5, 0.6) is 11.5 Å². The Labute approximate surface area is 251 Å². The summed E-state index contributed by atoms with van der Waals surface area (Å²) < 4.78 is 6.22. The highest BCUT2D eigenvalue weighted by atomic mass is 16.5. The molecule has 1 saturated carbocycles. The molecule has 42 heavy (non-hydrogen) atoms. The molecular weight excluding hydrogens is 526 g/mol. The van der Waals surface area contributed by atoms with Gasteiger partial charge in [0.25, 0.3) is 0 Å². The maximum absolute atomic E-state index is 10.6. The van der Waals surface area contributed by atoms with Crippen LogP contribution in [0, 0.1) is 0 Å². The van der Waals surface area contributed by atoms with Crippen LogP contribution < -0.4 is 10.5 Å². The third-order valence-electron chi connectivity index (χ3n) is 9.14. The molecule has 1 aliphatic rings. The van der Waals surface area contributed by atoms with Gasteiger partial charge in [-0.25, -0.2) is 4.98 Å². The minimum atomic E-state index is -0.557. The van der Waals surface area contributed by atoms with Crippen LogP contribution in [0.3, 0.4) is 0 Å². The van der Waals surface area contributed by atoms with Crippen LogP contribution in [0.25, 0.3) is 0 Å². The quantitative estimate of drug-likeness (QED) is 0.102. The van der Waals surface area contributed by atoms with Gasteiger partial charge in [-0.3, -0.25) is 0 Å². The van der Waals surface area contributed by atoms with Crippen molar-refractivity contribution in [3.8, 4) is 11.5 Å². The van der Waals surface area contributed by atoms with Crippen molar-refractivity contribution < 1.29 is 20.1 Å². The molecule has 0 radical (unpaired) electrons. The zero-order chi connectivity index (χ0) is 29.8. The molecule has 0 bridgehead atoms. The van der Waals surface area contributed by atoms with Gasteiger partial charge in [-0.05, 0) is 98.4 Å². The number of phenols is 1. The summed E-state index contributed by atoms with van der Waals surface area (Å²) in [6.45, 7) is 2.64. The van der Waals surface area contributed by atoms with E-state index in [-0.39, 0.29) is 17.1 Å². The first-order valence-corrected chi connectivity index (χ1v) is 16.1. The Kier molecular flexibility index (Phi) is 12.1. The van der Waals surface area contributed by atoms with E-state index < -0.39 is 12.2 Å². The molecule has 7 heteroatoms. The number of hydrogen-bond acceptors (Lipinski definition) is 6. The summed E-state index contributed by atoms with van der Waals surface area (Å²) in [5.74, 6) is 1.28. The van der Waals surface area contributed by atoms with Gasteiger partial charge in [0.15, 0.2) is 11.5 Å². The summed E-state index contributed by atoms with van der Waals surface area (Å²) in [7, 11) is 0. The molecule has 0 aliphatic heterocycles. The molecular formula is C35H51N3O4. The normalized spacial score (nSPS) is 16.7. The second-order valence-electron chi connectivity index (χ2n) is 12.2. The third-order valence-corrected chi connectivity index (χ3v) is 9.14. The number of nitrogens with one attached hydrogen (secondary N) is 1. The van der Waals surface area contributed by atoms with Crippen molar-refractivity contribution in [3.05, 3.63) is 71.7 Å². The molecule has 3 atom stereocenters. The highest BCUT2D eigenvalue weighted by Crippen LogP contribution is 2.52. The number of aromatic hydroxyl groups is 1. The van der Waals surface area contributed by atoms with Crippen LogP contribution in [0.2, 0.25) is 0 Å². The number of pyridine rings is 1. The predicted molar refractivity (Wildman–Crippen MR) is 169 cm³/mol. The lowest BCUT2D eigenvalue weighted by Crippen LogP contribution is -2.32. The van der Waals surface area contributed by atoms with Crippen molar-refractivity contribution in [1.29, 1.82) is 0 Å². The first kappa shape index (κ1) is 31.9. The average molecular weight is 578 g/mol. The molecule has 1 fully saturated rings. The van der Waals surface area contributed by atoms with Gasteiger partial charge in [0.1, 0.15) is 5.82 Å². The smallest absolute Gasteiger partial charge is 0.161 e. The van der Waals surface area contributed by atoms with E-state index in [4.69, 9.17) is 10.5 Å². The number of benzene rings is 1. The van der Waals surface area contributed by atoms with Gasteiger partial charge in [0.2, 0.25) is 0 Å². The number of unbranched alkanes of at least 4 members (excludes halogenated alkanes) is 4. The molecule has 4 rings (SSSR count). The van der Waals surface area contributed by atoms with E-state index in [1.54, 1.807) is 12.3 Å². The maximum Gasteiger partial charge on any atom is 0.161 e. The minimum Gasteiger partial charge on any atom is -0.504 e. The van der Waals surface area contributed by atoms with E-state index in [9.17, 15) is 15.3 Å². The van der Waals surface area contributed by atoms with Gasteiger partial charge in [-0.1, -0.05) is 57.9 Å². The number of rotatable bonds is 18. The Morgan fingerprint density at radius 3 is 2.50 bits per heavy atom. The summed E-state index contributed by atoms with van der Waals surface area (Å²) in [4.78, 5) is 7.72. The van der Waals surface area contributed by atoms with Gasteiger partial charge in [0, 0.05) is 23.5 Å². The van der Waals surface area contributed by atoms with Gasteiger partial charge in [-0.15, -0.1) is 0 Å².